The van der Waals surface area contributed by atoms with E-state index in [9.17, 15) is 23.1 Å². The molecule has 0 saturated heterocycles. The highest BCUT2D eigenvalue weighted by Crippen LogP contribution is 2.31. The van der Waals surface area contributed by atoms with E-state index in [2.05, 4.69) is 25.7 Å². The van der Waals surface area contributed by atoms with E-state index in [1.54, 1.807) is 0 Å². The van der Waals surface area contributed by atoms with E-state index in [1.807, 2.05) is 0 Å². The van der Waals surface area contributed by atoms with Crippen LogP contribution in [0.3, 0.4) is 0 Å². The first-order valence-corrected chi connectivity index (χ1v) is 4.99. The average molecular weight is 300 g/mol. The fourth-order valence-corrected chi connectivity index (χ4v) is 1.54. The number of alkyl halides is 4. The van der Waals surface area contributed by atoms with Gasteiger partial charge in [0.1, 0.15) is 5.75 Å². The number of hydrogen-bond donors (Lipinski definition) is 1. The molecule has 1 rings (SSSR count). The number of ether oxygens (including phenoxy) is 1. The normalized spacial score (nSPS) is 11.2. The average Bonchev–Trinajstić information content (AvgIpc) is 2.18. The maximum absolute atomic E-state index is 12.0. The summed E-state index contributed by atoms with van der Waals surface area (Å²) in [4.78, 5) is 13.8. The maximum atomic E-state index is 12.0. The number of nitrogens with zero attached hydrogens (tertiary/aromatic N) is 1. The lowest BCUT2D eigenvalue weighted by atomic mass is 10.1. The molecule has 0 aliphatic carbocycles. The van der Waals surface area contributed by atoms with Crippen LogP contribution in [0.25, 0.3) is 0 Å². The molecule has 0 aromatic carbocycles. The molecule has 0 amide bonds. The van der Waals surface area contributed by atoms with Gasteiger partial charge in [-0.05, 0) is 0 Å². The van der Waals surface area contributed by atoms with Gasteiger partial charge < -0.3 is 9.84 Å². The molecule has 0 atom stereocenters. The molecule has 0 saturated carbocycles. The van der Waals surface area contributed by atoms with Crippen molar-refractivity contribution in [1.29, 1.82) is 0 Å². The number of rotatable bonds is 3. The van der Waals surface area contributed by atoms with Crippen LogP contribution >= 0.6 is 15.9 Å². The monoisotopic (exact) mass is 299 g/mol. The highest BCUT2D eigenvalue weighted by molar-refractivity contribution is 9.08. The Morgan fingerprint density at radius 1 is 1.56 bits per heavy atom. The van der Waals surface area contributed by atoms with E-state index in [-0.39, 0.29) is 22.7 Å². The number of aldehydes is 1. The van der Waals surface area contributed by atoms with Crippen molar-refractivity contribution in [3.63, 3.8) is 0 Å². The van der Waals surface area contributed by atoms with Gasteiger partial charge in [-0.25, -0.2) is 4.98 Å². The van der Waals surface area contributed by atoms with Crippen molar-refractivity contribution in [2.75, 3.05) is 0 Å². The molecule has 88 valence electrons. The number of carbonyl (C=O) groups is 1. The van der Waals surface area contributed by atoms with Crippen LogP contribution in [0.4, 0.5) is 13.2 Å². The molecule has 1 N–H and O–H groups in total. The lowest BCUT2D eigenvalue weighted by Gasteiger charge is -2.12. The second-order valence-corrected chi connectivity index (χ2v) is 3.20. The number of aromatic nitrogens is 1. The van der Waals surface area contributed by atoms with E-state index in [4.69, 9.17) is 0 Å². The van der Waals surface area contributed by atoms with Crippen LogP contribution in [-0.2, 0) is 5.33 Å². The van der Waals surface area contributed by atoms with Crippen LogP contribution in [0, 0.1) is 0 Å². The van der Waals surface area contributed by atoms with E-state index in [0.717, 1.165) is 6.20 Å². The van der Waals surface area contributed by atoms with Crippen molar-refractivity contribution in [2.24, 2.45) is 0 Å². The lowest BCUT2D eigenvalue weighted by molar-refractivity contribution is -0.276. The summed E-state index contributed by atoms with van der Waals surface area (Å²) in [5.74, 6) is -1.26. The number of aromatic hydroxyl groups is 1. The summed E-state index contributed by atoms with van der Waals surface area (Å²) >= 11 is 2.88. The number of carbonyl (C=O) groups excluding carboxylic acids is 1. The van der Waals surface area contributed by atoms with Crippen molar-refractivity contribution < 1.29 is 27.8 Å². The third kappa shape index (κ3) is 2.84. The van der Waals surface area contributed by atoms with Crippen LogP contribution in [-0.4, -0.2) is 22.7 Å². The Labute approximate surface area is 96.2 Å². The fourth-order valence-electron chi connectivity index (χ4n) is 0.995. The standard InChI is InChI=1S/C8H5BrF3NO3/c9-1-4-5(3-14)6(15)2-13-7(4)16-8(10,11)12/h2-3,15H,1H2. The molecule has 8 heteroatoms. The molecule has 4 nitrogen and oxygen atoms in total. The maximum Gasteiger partial charge on any atom is 0.574 e. The first-order chi connectivity index (χ1) is 7.39. The first kappa shape index (κ1) is 12.8. The van der Waals surface area contributed by atoms with Gasteiger partial charge in [-0.3, -0.25) is 4.79 Å². The van der Waals surface area contributed by atoms with Crippen molar-refractivity contribution >= 4 is 22.2 Å². The van der Waals surface area contributed by atoms with E-state index in [0.29, 0.717) is 0 Å². The third-order valence-corrected chi connectivity index (χ3v) is 2.19. The zero-order valence-electron chi connectivity index (χ0n) is 7.58. The minimum Gasteiger partial charge on any atom is -0.506 e. The molecule has 0 radical (unpaired) electrons. The van der Waals surface area contributed by atoms with Gasteiger partial charge in [0.2, 0.25) is 5.88 Å². The van der Waals surface area contributed by atoms with E-state index in [1.165, 1.54) is 0 Å². The molecule has 0 spiro atoms. The quantitative estimate of drug-likeness (QED) is 0.688. The van der Waals surface area contributed by atoms with Gasteiger partial charge in [-0.1, -0.05) is 15.9 Å². The smallest absolute Gasteiger partial charge is 0.506 e. The molecule has 0 aliphatic heterocycles. The van der Waals surface area contributed by atoms with Crippen molar-refractivity contribution in [2.45, 2.75) is 11.7 Å². The number of halogens is 4. The minimum absolute atomic E-state index is 0.103. The van der Waals surface area contributed by atoms with Crippen LogP contribution in [0.15, 0.2) is 6.20 Å². The van der Waals surface area contributed by atoms with Crippen molar-refractivity contribution in [1.82, 2.24) is 4.98 Å². The van der Waals surface area contributed by atoms with Gasteiger partial charge in [-0.2, -0.15) is 0 Å². The SMILES string of the molecule is O=Cc1c(O)cnc(OC(F)(F)F)c1CBr. The molecule has 0 bridgehead atoms. The molecule has 0 aliphatic rings. The Morgan fingerprint density at radius 3 is 2.62 bits per heavy atom. The third-order valence-electron chi connectivity index (χ3n) is 1.63. The molecule has 1 aromatic rings. The topological polar surface area (TPSA) is 59.4 Å². The fraction of sp³-hybridized carbons (Fsp3) is 0.250. The Hall–Kier alpha value is -1.31. The van der Waals surface area contributed by atoms with Crippen molar-refractivity contribution in [3.8, 4) is 11.6 Å². The summed E-state index contributed by atoms with van der Waals surface area (Å²) in [7, 11) is 0. The van der Waals surface area contributed by atoms with Gasteiger partial charge in [-0.15, -0.1) is 13.2 Å². The molecule has 1 heterocycles. The van der Waals surface area contributed by atoms with Crippen molar-refractivity contribution in [3.05, 3.63) is 17.3 Å². The predicted molar refractivity (Wildman–Crippen MR) is 50.6 cm³/mol. The predicted octanol–water partition coefficient (Wildman–Crippen LogP) is 2.39. The Balaban J connectivity index is 3.25. The molecule has 0 unspecified atom stereocenters. The largest absolute Gasteiger partial charge is 0.574 e. The molecule has 16 heavy (non-hydrogen) atoms. The Kier molecular flexibility index (Phi) is 3.74. The summed E-state index contributed by atoms with van der Waals surface area (Å²) in [5.41, 5.74) is -0.446. The molecule has 0 fully saturated rings. The van der Waals surface area contributed by atoms with Crippen LogP contribution in [0.1, 0.15) is 15.9 Å². The zero-order chi connectivity index (χ0) is 12.3. The van der Waals surface area contributed by atoms with Crippen LogP contribution < -0.4 is 4.74 Å². The second-order valence-electron chi connectivity index (χ2n) is 2.64. The van der Waals surface area contributed by atoms with Gasteiger partial charge >= 0.3 is 6.36 Å². The summed E-state index contributed by atoms with van der Waals surface area (Å²) in [6, 6.07) is 0. The minimum atomic E-state index is -4.90. The van der Waals surface area contributed by atoms with E-state index >= 15 is 0 Å². The molecular weight excluding hydrogens is 295 g/mol. The summed E-state index contributed by atoms with van der Waals surface area (Å²) in [5, 5.41) is 9.09. The van der Waals surface area contributed by atoms with Gasteiger partial charge in [0, 0.05) is 10.9 Å². The zero-order valence-corrected chi connectivity index (χ0v) is 9.17. The Morgan fingerprint density at radius 2 is 2.19 bits per heavy atom. The summed E-state index contributed by atoms with van der Waals surface area (Å²) in [6.07, 6.45) is -3.95. The summed E-state index contributed by atoms with van der Waals surface area (Å²) in [6.45, 7) is 0. The lowest BCUT2D eigenvalue weighted by Crippen LogP contribution is -2.19. The first-order valence-electron chi connectivity index (χ1n) is 3.86. The van der Waals surface area contributed by atoms with Crippen LogP contribution in [0.5, 0.6) is 11.6 Å². The second kappa shape index (κ2) is 4.69. The highest BCUT2D eigenvalue weighted by atomic mass is 79.9. The van der Waals surface area contributed by atoms with Gasteiger partial charge in [0.15, 0.2) is 6.29 Å². The van der Waals surface area contributed by atoms with Gasteiger partial charge in [0.05, 0.1) is 11.8 Å². The Bertz CT molecular complexity index is 408. The van der Waals surface area contributed by atoms with Crippen LogP contribution in [0.2, 0.25) is 0 Å². The van der Waals surface area contributed by atoms with E-state index < -0.39 is 18.0 Å². The number of pyridine rings is 1. The number of hydrogen-bond acceptors (Lipinski definition) is 4. The molecular formula is C8H5BrF3NO3. The molecule has 1 aromatic heterocycles. The highest BCUT2D eigenvalue weighted by Gasteiger charge is 2.33. The summed E-state index contributed by atoms with van der Waals surface area (Å²) < 4.78 is 39.5. The van der Waals surface area contributed by atoms with Gasteiger partial charge in [0.25, 0.3) is 0 Å².